The fraction of sp³-hybridized carbons (Fsp3) is 0.263. The van der Waals surface area contributed by atoms with Gasteiger partial charge >= 0.3 is 0 Å². The predicted molar refractivity (Wildman–Crippen MR) is 100 cm³/mol. The fourth-order valence-corrected chi connectivity index (χ4v) is 2.41. The lowest BCUT2D eigenvalue weighted by molar-refractivity contribution is -0.120. The first-order valence-corrected chi connectivity index (χ1v) is 7.90. The largest absolute Gasteiger partial charge is 0.495 e. The van der Waals surface area contributed by atoms with Crippen LogP contribution in [0.5, 0.6) is 5.75 Å². The number of carbonyl (C=O) groups is 2. The number of nitrogens with zero attached hydrogens (tertiary/aromatic N) is 2. The van der Waals surface area contributed by atoms with E-state index >= 15 is 0 Å². The van der Waals surface area contributed by atoms with Crippen LogP contribution in [0.4, 0.5) is 17.1 Å². The lowest BCUT2D eigenvalue weighted by atomic mass is 10.2. The third-order valence-corrected chi connectivity index (χ3v) is 3.73. The molecule has 0 fully saturated rings. The van der Waals surface area contributed by atoms with E-state index in [4.69, 9.17) is 4.74 Å². The molecule has 0 aliphatic heterocycles. The van der Waals surface area contributed by atoms with E-state index in [2.05, 4.69) is 5.32 Å². The average Bonchev–Trinajstić information content (AvgIpc) is 2.60. The van der Waals surface area contributed by atoms with E-state index in [0.717, 1.165) is 5.69 Å². The van der Waals surface area contributed by atoms with Crippen molar-refractivity contribution < 1.29 is 14.3 Å². The topological polar surface area (TPSA) is 61.9 Å². The summed E-state index contributed by atoms with van der Waals surface area (Å²) >= 11 is 0. The monoisotopic (exact) mass is 341 g/mol. The zero-order chi connectivity index (χ0) is 18.4. The quantitative estimate of drug-likeness (QED) is 0.878. The predicted octanol–water partition coefficient (Wildman–Crippen LogP) is 2.75. The lowest BCUT2D eigenvalue weighted by Crippen LogP contribution is -2.36. The lowest BCUT2D eigenvalue weighted by Gasteiger charge is -2.22. The van der Waals surface area contributed by atoms with Crippen LogP contribution in [0.3, 0.4) is 0 Å². The molecule has 0 atom stereocenters. The number of hydrogen-bond donors (Lipinski definition) is 1. The molecule has 6 nitrogen and oxygen atoms in total. The minimum Gasteiger partial charge on any atom is -0.495 e. The van der Waals surface area contributed by atoms with Gasteiger partial charge in [0.15, 0.2) is 0 Å². The molecule has 2 amide bonds. The Kier molecular flexibility index (Phi) is 6.00. The molecule has 0 bridgehead atoms. The minimum atomic E-state index is -0.279. The van der Waals surface area contributed by atoms with Crippen LogP contribution < -0.4 is 19.9 Å². The summed E-state index contributed by atoms with van der Waals surface area (Å²) in [5.41, 5.74) is 2.28. The molecular weight excluding hydrogens is 318 g/mol. The number of hydrogen-bond acceptors (Lipinski definition) is 4. The number of rotatable bonds is 6. The molecule has 2 aromatic rings. The molecule has 0 unspecified atom stereocenters. The summed E-state index contributed by atoms with van der Waals surface area (Å²) in [5, 5.41) is 2.81. The number of nitrogens with one attached hydrogen (secondary N) is 1. The van der Waals surface area contributed by atoms with Crippen LogP contribution in [0.2, 0.25) is 0 Å². The molecule has 0 saturated heterocycles. The van der Waals surface area contributed by atoms with Gasteiger partial charge in [-0.25, -0.2) is 0 Å². The molecule has 132 valence electrons. The van der Waals surface area contributed by atoms with Crippen molar-refractivity contribution in [2.24, 2.45) is 0 Å². The van der Waals surface area contributed by atoms with Gasteiger partial charge in [-0.15, -0.1) is 0 Å². The molecule has 1 N–H and O–H groups in total. The normalized spacial score (nSPS) is 10.1. The molecule has 2 aromatic carbocycles. The van der Waals surface area contributed by atoms with E-state index in [1.54, 1.807) is 18.2 Å². The third-order valence-electron chi connectivity index (χ3n) is 3.73. The second kappa shape index (κ2) is 8.19. The summed E-state index contributed by atoms with van der Waals surface area (Å²) < 4.78 is 5.28. The molecule has 0 heterocycles. The fourth-order valence-electron chi connectivity index (χ4n) is 2.41. The average molecular weight is 341 g/mol. The Morgan fingerprint density at radius 1 is 1.04 bits per heavy atom. The molecule has 0 aliphatic rings. The highest BCUT2D eigenvalue weighted by Gasteiger charge is 2.19. The van der Waals surface area contributed by atoms with Gasteiger partial charge in [0.05, 0.1) is 12.8 Å². The Labute approximate surface area is 148 Å². The van der Waals surface area contributed by atoms with Crippen molar-refractivity contribution in [2.75, 3.05) is 42.9 Å². The molecular formula is C19H23N3O3. The number of amides is 2. The summed E-state index contributed by atoms with van der Waals surface area (Å²) in [5.74, 6) is 0.0298. The van der Waals surface area contributed by atoms with Gasteiger partial charge in [-0.1, -0.05) is 12.1 Å². The smallest absolute Gasteiger partial charge is 0.244 e. The van der Waals surface area contributed by atoms with Gasteiger partial charge in [0, 0.05) is 32.4 Å². The summed E-state index contributed by atoms with van der Waals surface area (Å²) in [6, 6.07) is 14.6. The SMILES string of the molecule is COc1ccccc1N(CC(=O)Nc1ccc(N(C)C)cc1)C(C)=O. The van der Waals surface area contributed by atoms with E-state index in [9.17, 15) is 9.59 Å². The molecule has 0 radical (unpaired) electrons. The first-order chi connectivity index (χ1) is 11.9. The van der Waals surface area contributed by atoms with Crippen molar-refractivity contribution >= 4 is 28.9 Å². The van der Waals surface area contributed by atoms with Gasteiger partial charge in [-0.3, -0.25) is 14.5 Å². The number of anilines is 3. The van der Waals surface area contributed by atoms with E-state index < -0.39 is 0 Å². The molecule has 0 saturated carbocycles. The highest BCUT2D eigenvalue weighted by molar-refractivity contribution is 6.02. The van der Waals surface area contributed by atoms with Crippen LogP contribution in [0.1, 0.15) is 6.92 Å². The maximum atomic E-state index is 12.4. The van der Waals surface area contributed by atoms with Crippen molar-refractivity contribution in [2.45, 2.75) is 6.92 Å². The second-order valence-electron chi connectivity index (χ2n) is 5.77. The maximum Gasteiger partial charge on any atom is 0.244 e. The van der Waals surface area contributed by atoms with Crippen molar-refractivity contribution in [1.29, 1.82) is 0 Å². The number of methoxy groups -OCH3 is 1. The van der Waals surface area contributed by atoms with Crippen LogP contribution in [-0.2, 0) is 9.59 Å². The number of ether oxygens (including phenoxy) is 1. The Bertz CT molecular complexity index is 742. The first-order valence-electron chi connectivity index (χ1n) is 7.90. The molecule has 2 rings (SSSR count). The van der Waals surface area contributed by atoms with Crippen molar-refractivity contribution in [1.82, 2.24) is 0 Å². The highest BCUT2D eigenvalue weighted by atomic mass is 16.5. The van der Waals surface area contributed by atoms with Gasteiger partial charge < -0.3 is 15.0 Å². The van der Waals surface area contributed by atoms with Gasteiger partial charge in [-0.2, -0.15) is 0 Å². The van der Waals surface area contributed by atoms with E-state index in [-0.39, 0.29) is 18.4 Å². The van der Waals surface area contributed by atoms with Gasteiger partial charge in [0.2, 0.25) is 11.8 Å². The van der Waals surface area contributed by atoms with Crippen LogP contribution in [-0.4, -0.2) is 39.6 Å². The van der Waals surface area contributed by atoms with Crippen LogP contribution in [0, 0.1) is 0 Å². The van der Waals surface area contributed by atoms with Crippen LogP contribution in [0.25, 0.3) is 0 Å². The molecule has 0 aromatic heterocycles. The number of para-hydroxylation sites is 2. The van der Waals surface area contributed by atoms with Gasteiger partial charge in [-0.05, 0) is 36.4 Å². The Balaban J connectivity index is 2.11. The maximum absolute atomic E-state index is 12.4. The van der Waals surface area contributed by atoms with E-state index in [1.165, 1.54) is 18.9 Å². The Morgan fingerprint density at radius 2 is 1.68 bits per heavy atom. The molecule has 25 heavy (non-hydrogen) atoms. The van der Waals surface area contributed by atoms with E-state index in [1.807, 2.05) is 49.3 Å². The van der Waals surface area contributed by atoms with Crippen LogP contribution in [0.15, 0.2) is 48.5 Å². The summed E-state index contributed by atoms with van der Waals surface area (Å²) in [7, 11) is 5.43. The van der Waals surface area contributed by atoms with Crippen molar-refractivity contribution in [3.8, 4) is 5.75 Å². The zero-order valence-electron chi connectivity index (χ0n) is 14.9. The second-order valence-corrected chi connectivity index (χ2v) is 5.77. The van der Waals surface area contributed by atoms with Crippen molar-refractivity contribution in [3.05, 3.63) is 48.5 Å². The minimum absolute atomic E-state index is 0.0921. The summed E-state index contributed by atoms with van der Waals surface area (Å²) in [6.07, 6.45) is 0. The zero-order valence-corrected chi connectivity index (χ0v) is 14.9. The highest BCUT2D eigenvalue weighted by Crippen LogP contribution is 2.27. The van der Waals surface area contributed by atoms with Crippen LogP contribution >= 0.6 is 0 Å². The first kappa shape index (κ1) is 18.3. The molecule has 0 spiro atoms. The molecule has 6 heteroatoms. The van der Waals surface area contributed by atoms with Gasteiger partial charge in [0.1, 0.15) is 12.3 Å². The summed E-state index contributed by atoms with van der Waals surface area (Å²) in [6.45, 7) is 1.33. The van der Waals surface area contributed by atoms with Gasteiger partial charge in [0.25, 0.3) is 0 Å². The molecule has 0 aliphatic carbocycles. The summed E-state index contributed by atoms with van der Waals surface area (Å²) in [4.78, 5) is 27.7. The Hall–Kier alpha value is -3.02. The van der Waals surface area contributed by atoms with Crippen molar-refractivity contribution in [3.63, 3.8) is 0 Å². The number of benzene rings is 2. The standard InChI is InChI=1S/C19H23N3O3/c1-14(23)22(17-7-5-6-8-18(17)25-4)13-19(24)20-15-9-11-16(12-10-15)21(2)3/h5-12H,13H2,1-4H3,(H,20,24). The number of carbonyl (C=O) groups excluding carboxylic acids is 2. The van der Waals surface area contributed by atoms with E-state index in [0.29, 0.717) is 17.1 Å². The third kappa shape index (κ3) is 4.73. The Morgan fingerprint density at radius 3 is 2.24 bits per heavy atom.